The molecule has 21 heavy (non-hydrogen) atoms. The maximum absolute atomic E-state index is 12.0. The summed E-state index contributed by atoms with van der Waals surface area (Å²) in [6.07, 6.45) is 2.55. The van der Waals surface area contributed by atoms with E-state index < -0.39 is 0 Å². The highest BCUT2D eigenvalue weighted by Crippen LogP contribution is 2.16. The van der Waals surface area contributed by atoms with Gasteiger partial charge in [0, 0.05) is 11.9 Å². The van der Waals surface area contributed by atoms with E-state index in [1.165, 1.54) is 11.8 Å². The van der Waals surface area contributed by atoms with Crippen LogP contribution in [0.15, 0.2) is 42.6 Å². The van der Waals surface area contributed by atoms with E-state index in [4.69, 9.17) is 11.6 Å². The summed E-state index contributed by atoms with van der Waals surface area (Å²) >= 11 is 5.70. The van der Waals surface area contributed by atoms with Gasteiger partial charge in [-0.3, -0.25) is 4.79 Å². The van der Waals surface area contributed by atoms with Gasteiger partial charge in [0.1, 0.15) is 5.15 Å². The van der Waals surface area contributed by atoms with Gasteiger partial charge in [-0.05, 0) is 55.3 Å². The first-order chi connectivity index (χ1) is 10.2. The van der Waals surface area contributed by atoms with Crippen LogP contribution in [0.5, 0.6) is 0 Å². The third-order valence-electron chi connectivity index (χ3n) is 3.59. The van der Waals surface area contributed by atoms with Crippen LogP contribution >= 0.6 is 11.6 Å². The minimum atomic E-state index is -0.185. The summed E-state index contributed by atoms with van der Waals surface area (Å²) in [4.78, 5) is 15.9. The Morgan fingerprint density at radius 3 is 2.57 bits per heavy atom. The molecule has 4 nitrogen and oxygen atoms in total. The smallest absolute Gasteiger partial charge is 0.257 e. The molecule has 1 saturated heterocycles. The molecule has 3 rings (SSSR count). The van der Waals surface area contributed by atoms with Crippen molar-refractivity contribution in [1.29, 1.82) is 0 Å². The fourth-order valence-corrected chi connectivity index (χ4v) is 2.38. The van der Waals surface area contributed by atoms with Crippen molar-refractivity contribution in [2.24, 2.45) is 5.92 Å². The van der Waals surface area contributed by atoms with Gasteiger partial charge in [-0.25, -0.2) is 4.98 Å². The third-order valence-corrected chi connectivity index (χ3v) is 3.82. The summed E-state index contributed by atoms with van der Waals surface area (Å²) in [7, 11) is 0. The number of amides is 1. The summed E-state index contributed by atoms with van der Waals surface area (Å²) in [5.41, 5.74) is 2.57. The summed E-state index contributed by atoms with van der Waals surface area (Å²) in [6, 6.07) is 11.3. The first-order valence-electron chi connectivity index (χ1n) is 6.93. The van der Waals surface area contributed by atoms with Crippen LogP contribution in [0.1, 0.15) is 15.9 Å². The Hall–Kier alpha value is -1.91. The number of halogens is 1. The molecule has 108 valence electrons. The fraction of sp³-hybridized carbons (Fsp3) is 0.250. The zero-order valence-electron chi connectivity index (χ0n) is 11.5. The van der Waals surface area contributed by atoms with Crippen molar-refractivity contribution in [3.63, 3.8) is 0 Å². The van der Waals surface area contributed by atoms with E-state index in [2.05, 4.69) is 27.8 Å². The van der Waals surface area contributed by atoms with Gasteiger partial charge in [0.2, 0.25) is 0 Å². The van der Waals surface area contributed by atoms with E-state index in [1.54, 1.807) is 12.1 Å². The van der Waals surface area contributed by atoms with E-state index in [-0.39, 0.29) is 5.91 Å². The normalized spacial score (nSPS) is 14.5. The van der Waals surface area contributed by atoms with Gasteiger partial charge in [0.05, 0.1) is 5.56 Å². The number of hydrogen-bond acceptors (Lipinski definition) is 3. The van der Waals surface area contributed by atoms with Gasteiger partial charge in [0.25, 0.3) is 5.91 Å². The number of anilines is 1. The lowest BCUT2D eigenvalue weighted by Crippen LogP contribution is -2.43. The van der Waals surface area contributed by atoms with Crippen molar-refractivity contribution in [3.8, 4) is 0 Å². The zero-order valence-corrected chi connectivity index (χ0v) is 12.2. The largest absolute Gasteiger partial charge is 0.322 e. The molecule has 0 bridgehead atoms. The monoisotopic (exact) mass is 301 g/mol. The Morgan fingerprint density at radius 1 is 1.24 bits per heavy atom. The molecule has 1 aliphatic rings. The van der Waals surface area contributed by atoms with Crippen molar-refractivity contribution in [3.05, 3.63) is 58.9 Å². The predicted octanol–water partition coefficient (Wildman–Crippen LogP) is 2.75. The van der Waals surface area contributed by atoms with Gasteiger partial charge >= 0.3 is 0 Å². The Morgan fingerprint density at radius 2 is 2.00 bits per heavy atom. The highest BCUT2D eigenvalue weighted by molar-refractivity contribution is 6.29. The predicted molar refractivity (Wildman–Crippen MR) is 83.7 cm³/mol. The first kappa shape index (κ1) is 14.0. The Kier molecular flexibility index (Phi) is 4.18. The van der Waals surface area contributed by atoms with Crippen molar-refractivity contribution in [2.45, 2.75) is 6.42 Å². The molecule has 1 aliphatic heterocycles. The summed E-state index contributed by atoms with van der Waals surface area (Å²) < 4.78 is 0. The van der Waals surface area contributed by atoms with Crippen LogP contribution in [0.2, 0.25) is 5.15 Å². The number of pyridine rings is 1. The topological polar surface area (TPSA) is 54.0 Å². The van der Waals surface area contributed by atoms with Crippen molar-refractivity contribution < 1.29 is 4.79 Å². The second-order valence-electron chi connectivity index (χ2n) is 5.25. The molecule has 5 heteroatoms. The maximum atomic E-state index is 12.0. The van der Waals surface area contributed by atoms with Gasteiger partial charge in [-0.1, -0.05) is 23.7 Å². The molecule has 2 N–H and O–H groups in total. The van der Waals surface area contributed by atoms with Crippen LogP contribution in [0.3, 0.4) is 0 Å². The molecule has 0 radical (unpaired) electrons. The number of aromatic nitrogens is 1. The number of benzene rings is 1. The number of nitrogens with one attached hydrogen (secondary N) is 2. The summed E-state index contributed by atoms with van der Waals surface area (Å²) in [6.45, 7) is 2.20. The zero-order chi connectivity index (χ0) is 14.7. The van der Waals surface area contributed by atoms with Crippen LogP contribution in [0.25, 0.3) is 0 Å². The van der Waals surface area contributed by atoms with E-state index >= 15 is 0 Å². The second kappa shape index (κ2) is 6.24. The average Bonchev–Trinajstić information content (AvgIpc) is 2.45. The second-order valence-corrected chi connectivity index (χ2v) is 5.64. The number of carbonyl (C=O) groups excluding carboxylic acids is 1. The Bertz CT molecular complexity index is 621. The third kappa shape index (κ3) is 3.60. The molecule has 1 fully saturated rings. The Balaban J connectivity index is 1.61. The van der Waals surface area contributed by atoms with Crippen molar-refractivity contribution >= 4 is 23.2 Å². The molecule has 1 aromatic heterocycles. The van der Waals surface area contributed by atoms with E-state index in [9.17, 15) is 4.79 Å². The van der Waals surface area contributed by atoms with Crippen molar-refractivity contribution in [2.75, 3.05) is 18.4 Å². The van der Waals surface area contributed by atoms with Crippen LogP contribution in [-0.4, -0.2) is 24.0 Å². The lowest BCUT2D eigenvalue weighted by atomic mass is 9.94. The molecular weight excluding hydrogens is 286 g/mol. The molecule has 0 unspecified atom stereocenters. The molecular formula is C16H16ClN3O. The minimum Gasteiger partial charge on any atom is -0.322 e. The summed E-state index contributed by atoms with van der Waals surface area (Å²) in [5.74, 6) is 0.556. The van der Waals surface area contributed by atoms with Crippen molar-refractivity contribution in [1.82, 2.24) is 10.3 Å². The van der Waals surface area contributed by atoms with Gasteiger partial charge < -0.3 is 10.6 Å². The highest BCUT2D eigenvalue weighted by atomic mass is 35.5. The van der Waals surface area contributed by atoms with Crippen LogP contribution in [-0.2, 0) is 6.42 Å². The average molecular weight is 302 g/mol. The lowest BCUT2D eigenvalue weighted by molar-refractivity contribution is 0.102. The lowest BCUT2D eigenvalue weighted by Gasteiger charge is -2.27. The number of rotatable bonds is 4. The van der Waals surface area contributed by atoms with Gasteiger partial charge in [-0.15, -0.1) is 0 Å². The minimum absolute atomic E-state index is 0.185. The van der Waals surface area contributed by atoms with Gasteiger partial charge in [-0.2, -0.15) is 0 Å². The molecule has 2 heterocycles. The molecule has 1 aromatic carbocycles. The van der Waals surface area contributed by atoms with Crippen LogP contribution in [0.4, 0.5) is 5.69 Å². The quantitative estimate of drug-likeness (QED) is 0.854. The fourth-order valence-electron chi connectivity index (χ4n) is 2.26. The molecule has 0 saturated carbocycles. The van der Waals surface area contributed by atoms with Crippen LogP contribution < -0.4 is 10.6 Å². The van der Waals surface area contributed by atoms with Gasteiger partial charge in [0.15, 0.2) is 0 Å². The number of carbonyl (C=O) groups is 1. The van der Waals surface area contributed by atoms with E-state index in [1.807, 2.05) is 12.1 Å². The Labute approximate surface area is 128 Å². The summed E-state index contributed by atoms with van der Waals surface area (Å²) in [5, 5.41) is 6.50. The molecule has 1 amide bonds. The molecule has 0 atom stereocenters. The van der Waals surface area contributed by atoms with E-state index in [0.29, 0.717) is 10.7 Å². The molecule has 0 aliphatic carbocycles. The van der Waals surface area contributed by atoms with E-state index in [0.717, 1.165) is 31.1 Å². The highest BCUT2D eigenvalue weighted by Gasteiger charge is 2.16. The number of nitrogens with zero attached hydrogens (tertiary/aromatic N) is 1. The molecule has 2 aromatic rings. The molecule has 0 spiro atoms. The van der Waals surface area contributed by atoms with Crippen LogP contribution in [0, 0.1) is 5.92 Å². The first-order valence-corrected chi connectivity index (χ1v) is 7.31. The maximum Gasteiger partial charge on any atom is 0.257 e. The SMILES string of the molecule is O=C(Nc1ccc(CC2CNC2)cc1)c1ccc(Cl)nc1. The number of hydrogen-bond donors (Lipinski definition) is 2. The standard InChI is InChI=1S/C16H16ClN3O/c17-15-6-3-13(10-19-15)16(21)20-14-4-1-11(2-5-14)7-12-8-18-9-12/h1-6,10,12,18H,7-9H2,(H,20,21).